The molecule has 0 aromatic carbocycles. The second-order valence-corrected chi connectivity index (χ2v) is 3.68. The molecule has 1 rings (SSSR count). The van der Waals surface area contributed by atoms with Gasteiger partial charge in [0, 0.05) is 13.0 Å². The van der Waals surface area contributed by atoms with E-state index in [4.69, 9.17) is 15.9 Å². The first-order chi connectivity index (χ1) is 6.74. The van der Waals surface area contributed by atoms with Crippen molar-refractivity contribution in [1.82, 2.24) is 0 Å². The van der Waals surface area contributed by atoms with E-state index in [0.717, 1.165) is 25.0 Å². The Labute approximate surface area is 86.3 Å². The molecule has 0 spiro atoms. The zero-order valence-corrected chi connectivity index (χ0v) is 8.79. The predicted octanol–water partition coefficient (Wildman–Crippen LogP) is 2.50. The van der Waals surface area contributed by atoms with E-state index in [1.165, 1.54) is 6.42 Å². The summed E-state index contributed by atoms with van der Waals surface area (Å²) < 4.78 is 11.2. The Balaban J connectivity index is 2.38. The van der Waals surface area contributed by atoms with Crippen molar-refractivity contribution in [3.63, 3.8) is 0 Å². The highest BCUT2D eigenvalue weighted by molar-refractivity contribution is 5.04. The predicted molar refractivity (Wildman–Crippen MR) is 56.7 cm³/mol. The SMILES string of the molecule is C#CCC(OC1CCCCO1)C(=C)C. The van der Waals surface area contributed by atoms with E-state index >= 15 is 0 Å². The first kappa shape index (κ1) is 11.3. The number of ether oxygens (including phenoxy) is 2. The average Bonchev–Trinajstić information content (AvgIpc) is 2.18. The lowest BCUT2D eigenvalue weighted by atomic mass is 10.1. The third-order valence-electron chi connectivity index (χ3n) is 2.31. The van der Waals surface area contributed by atoms with Crippen LogP contribution in [-0.4, -0.2) is 19.0 Å². The van der Waals surface area contributed by atoms with E-state index in [1.807, 2.05) is 6.92 Å². The van der Waals surface area contributed by atoms with Gasteiger partial charge in [-0.3, -0.25) is 0 Å². The first-order valence-corrected chi connectivity index (χ1v) is 5.10. The van der Waals surface area contributed by atoms with Crippen LogP contribution in [-0.2, 0) is 9.47 Å². The molecule has 0 amide bonds. The van der Waals surface area contributed by atoms with Gasteiger partial charge in [0.25, 0.3) is 0 Å². The molecule has 2 nitrogen and oxygen atoms in total. The molecule has 14 heavy (non-hydrogen) atoms. The highest BCUT2D eigenvalue weighted by atomic mass is 16.7. The summed E-state index contributed by atoms with van der Waals surface area (Å²) >= 11 is 0. The van der Waals surface area contributed by atoms with Crippen molar-refractivity contribution in [3.8, 4) is 12.3 Å². The van der Waals surface area contributed by atoms with Gasteiger partial charge < -0.3 is 9.47 Å². The van der Waals surface area contributed by atoms with Gasteiger partial charge in [0.1, 0.15) is 0 Å². The molecule has 1 heterocycles. The summed E-state index contributed by atoms with van der Waals surface area (Å²) in [6.07, 6.45) is 8.97. The molecule has 2 heteroatoms. The number of hydrogen-bond acceptors (Lipinski definition) is 2. The summed E-state index contributed by atoms with van der Waals surface area (Å²) in [5, 5.41) is 0. The zero-order chi connectivity index (χ0) is 10.4. The van der Waals surface area contributed by atoms with Crippen LogP contribution in [0.15, 0.2) is 12.2 Å². The molecule has 2 atom stereocenters. The molecular weight excluding hydrogens is 176 g/mol. The molecule has 1 fully saturated rings. The molecule has 1 aliphatic rings. The number of rotatable bonds is 4. The average molecular weight is 194 g/mol. The molecule has 0 radical (unpaired) electrons. The van der Waals surface area contributed by atoms with Gasteiger partial charge >= 0.3 is 0 Å². The van der Waals surface area contributed by atoms with Crippen LogP contribution in [0.1, 0.15) is 32.6 Å². The minimum atomic E-state index is -0.0844. The van der Waals surface area contributed by atoms with Crippen LogP contribution in [0.4, 0.5) is 0 Å². The summed E-state index contributed by atoms with van der Waals surface area (Å²) in [5.74, 6) is 2.60. The lowest BCUT2D eigenvalue weighted by molar-refractivity contribution is -0.179. The Morgan fingerprint density at radius 1 is 1.71 bits per heavy atom. The van der Waals surface area contributed by atoms with E-state index in [-0.39, 0.29) is 12.4 Å². The molecule has 0 aromatic rings. The van der Waals surface area contributed by atoms with Gasteiger partial charge in [0.05, 0.1) is 6.10 Å². The van der Waals surface area contributed by atoms with Gasteiger partial charge in [-0.1, -0.05) is 12.2 Å². The maximum absolute atomic E-state index is 5.73. The number of hydrogen-bond donors (Lipinski definition) is 0. The van der Waals surface area contributed by atoms with Crippen LogP contribution < -0.4 is 0 Å². The lowest BCUT2D eigenvalue weighted by Gasteiger charge is -2.27. The highest BCUT2D eigenvalue weighted by Crippen LogP contribution is 2.19. The highest BCUT2D eigenvalue weighted by Gasteiger charge is 2.19. The van der Waals surface area contributed by atoms with Crippen molar-refractivity contribution in [1.29, 1.82) is 0 Å². The zero-order valence-electron chi connectivity index (χ0n) is 8.79. The van der Waals surface area contributed by atoms with Gasteiger partial charge in [0.2, 0.25) is 0 Å². The molecule has 0 aromatic heterocycles. The smallest absolute Gasteiger partial charge is 0.158 e. The van der Waals surface area contributed by atoms with E-state index in [9.17, 15) is 0 Å². The van der Waals surface area contributed by atoms with Gasteiger partial charge in [-0.2, -0.15) is 0 Å². The van der Waals surface area contributed by atoms with Crippen molar-refractivity contribution < 1.29 is 9.47 Å². The maximum Gasteiger partial charge on any atom is 0.158 e. The molecule has 78 valence electrons. The third-order valence-corrected chi connectivity index (χ3v) is 2.31. The van der Waals surface area contributed by atoms with Crippen LogP contribution in [0.3, 0.4) is 0 Å². The molecule has 0 saturated carbocycles. The molecule has 2 unspecified atom stereocenters. The van der Waals surface area contributed by atoms with Crippen molar-refractivity contribution >= 4 is 0 Å². The van der Waals surface area contributed by atoms with Crippen LogP contribution in [0.5, 0.6) is 0 Å². The Hall–Kier alpha value is -0.780. The fourth-order valence-electron chi connectivity index (χ4n) is 1.45. The fraction of sp³-hybridized carbons (Fsp3) is 0.667. The topological polar surface area (TPSA) is 18.5 Å². The third kappa shape index (κ3) is 3.53. The van der Waals surface area contributed by atoms with Crippen molar-refractivity contribution in [3.05, 3.63) is 12.2 Å². The minimum absolute atomic E-state index is 0.0527. The van der Waals surface area contributed by atoms with Crippen LogP contribution in [0.2, 0.25) is 0 Å². The van der Waals surface area contributed by atoms with E-state index < -0.39 is 0 Å². The largest absolute Gasteiger partial charge is 0.353 e. The van der Waals surface area contributed by atoms with Crippen molar-refractivity contribution in [2.45, 2.75) is 45.0 Å². The second kappa shape index (κ2) is 5.85. The lowest BCUT2D eigenvalue weighted by Crippen LogP contribution is -2.28. The molecular formula is C12H18O2. The minimum Gasteiger partial charge on any atom is -0.353 e. The van der Waals surface area contributed by atoms with Crippen molar-refractivity contribution in [2.75, 3.05) is 6.61 Å². The molecule has 1 aliphatic heterocycles. The summed E-state index contributed by atoms with van der Waals surface area (Å²) in [6, 6.07) is 0. The van der Waals surface area contributed by atoms with E-state index in [2.05, 4.69) is 12.5 Å². The molecule has 0 bridgehead atoms. The van der Waals surface area contributed by atoms with E-state index in [1.54, 1.807) is 0 Å². The maximum atomic E-state index is 5.73. The normalized spacial score (nSPS) is 23.9. The Morgan fingerprint density at radius 3 is 3.00 bits per heavy atom. The molecule has 1 saturated heterocycles. The summed E-state index contributed by atoms with van der Waals surface area (Å²) in [7, 11) is 0. The monoisotopic (exact) mass is 194 g/mol. The fourth-order valence-corrected chi connectivity index (χ4v) is 1.45. The summed E-state index contributed by atoms with van der Waals surface area (Å²) in [4.78, 5) is 0. The second-order valence-electron chi connectivity index (χ2n) is 3.68. The van der Waals surface area contributed by atoms with Crippen LogP contribution in [0.25, 0.3) is 0 Å². The standard InChI is InChI=1S/C12H18O2/c1-4-7-11(10(2)3)14-12-8-5-6-9-13-12/h1,11-12H,2,5-9H2,3H3. The first-order valence-electron chi connectivity index (χ1n) is 5.10. The Bertz CT molecular complexity index is 221. The van der Waals surface area contributed by atoms with Gasteiger partial charge in [-0.25, -0.2) is 0 Å². The van der Waals surface area contributed by atoms with Gasteiger partial charge in [-0.05, 0) is 26.2 Å². The summed E-state index contributed by atoms with van der Waals surface area (Å²) in [5.41, 5.74) is 0.970. The summed E-state index contributed by atoms with van der Waals surface area (Å²) in [6.45, 7) is 6.59. The van der Waals surface area contributed by atoms with Gasteiger partial charge in [-0.15, -0.1) is 12.3 Å². The van der Waals surface area contributed by atoms with E-state index in [0.29, 0.717) is 6.42 Å². The van der Waals surface area contributed by atoms with Crippen LogP contribution in [0, 0.1) is 12.3 Å². The Kier molecular flexibility index (Phi) is 4.72. The Morgan fingerprint density at radius 2 is 2.50 bits per heavy atom. The number of terminal acetylenes is 1. The van der Waals surface area contributed by atoms with Crippen molar-refractivity contribution in [2.24, 2.45) is 0 Å². The van der Waals surface area contributed by atoms with Crippen LogP contribution >= 0.6 is 0 Å². The quantitative estimate of drug-likeness (QED) is 0.505. The molecule has 0 N–H and O–H groups in total. The van der Waals surface area contributed by atoms with Gasteiger partial charge in [0.15, 0.2) is 6.29 Å². The molecule has 0 aliphatic carbocycles.